The highest BCUT2D eigenvalue weighted by molar-refractivity contribution is 5.79. The molecule has 1 atom stereocenters. The first-order chi connectivity index (χ1) is 12.6. The van der Waals surface area contributed by atoms with Gasteiger partial charge in [0.05, 0.1) is 12.1 Å². The lowest BCUT2D eigenvalue weighted by Crippen LogP contribution is -2.50. The van der Waals surface area contributed by atoms with Crippen LogP contribution in [0.4, 0.5) is 0 Å². The van der Waals surface area contributed by atoms with E-state index in [2.05, 4.69) is 27.1 Å². The number of hydrogen-bond donors (Lipinski definition) is 1. The number of amides is 1. The number of nitrogens with one attached hydrogen (secondary N) is 1. The first kappa shape index (κ1) is 18.0. The molecule has 1 unspecified atom stereocenters. The molecule has 1 saturated carbocycles. The third-order valence-electron chi connectivity index (χ3n) is 6.55. The number of hydrogen-bond acceptors (Lipinski definition) is 4. The van der Waals surface area contributed by atoms with Crippen molar-refractivity contribution in [3.8, 4) is 0 Å². The van der Waals surface area contributed by atoms with E-state index >= 15 is 0 Å². The molecule has 144 valence electrons. The highest BCUT2D eigenvalue weighted by Crippen LogP contribution is 2.26. The van der Waals surface area contributed by atoms with E-state index in [0.717, 1.165) is 39.0 Å². The fraction of sp³-hybridized carbons (Fsp3) is 0.800. The molecule has 0 radical (unpaired) electrons. The Morgan fingerprint density at radius 3 is 2.62 bits per heavy atom. The molecule has 3 aliphatic rings. The van der Waals surface area contributed by atoms with E-state index in [1.807, 2.05) is 17.9 Å². The Morgan fingerprint density at radius 2 is 1.96 bits per heavy atom. The van der Waals surface area contributed by atoms with Crippen LogP contribution in [-0.2, 0) is 18.4 Å². The lowest BCUT2D eigenvalue weighted by molar-refractivity contribution is -0.127. The first-order valence-electron chi connectivity index (χ1n) is 10.3. The van der Waals surface area contributed by atoms with Crippen molar-refractivity contribution in [2.24, 2.45) is 13.0 Å². The zero-order chi connectivity index (χ0) is 18.1. The quantitative estimate of drug-likeness (QED) is 0.869. The maximum atomic E-state index is 12.4. The van der Waals surface area contributed by atoms with Crippen molar-refractivity contribution in [2.45, 2.75) is 64.1 Å². The molecular formula is C20H33N5O. The van der Waals surface area contributed by atoms with Gasteiger partial charge in [0, 0.05) is 43.5 Å². The van der Waals surface area contributed by atoms with E-state index in [4.69, 9.17) is 0 Å². The number of aromatic nitrogens is 2. The van der Waals surface area contributed by atoms with E-state index in [-0.39, 0.29) is 5.92 Å². The first-order valence-corrected chi connectivity index (χ1v) is 10.3. The molecule has 1 amide bonds. The zero-order valence-electron chi connectivity index (χ0n) is 16.3. The van der Waals surface area contributed by atoms with Crippen molar-refractivity contribution < 1.29 is 4.79 Å². The summed E-state index contributed by atoms with van der Waals surface area (Å²) in [7, 11) is 2.01. The zero-order valence-corrected chi connectivity index (χ0v) is 16.3. The van der Waals surface area contributed by atoms with Gasteiger partial charge in [-0.05, 0) is 65.1 Å². The molecule has 3 fully saturated rings. The summed E-state index contributed by atoms with van der Waals surface area (Å²) < 4.78 is 1.96. The number of carbonyl (C=O) groups is 1. The molecule has 2 aliphatic heterocycles. The Hall–Kier alpha value is -1.40. The molecule has 6 nitrogen and oxygen atoms in total. The Labute approximate surface area is 156 Å². The fourth-order valence-corrected chi connectivity index (χ4v) is 4.48. The van der Waals surface area contributed by atoms with E-state index in [9.17, 15) is 4.79 Å². The molecule has 1 N–H and O–H groups in total. The van der Waals surface area contributed by atoms with Gasteiger partial charge in [-0.3, -0.25) is 19.3 Å². The lowest BCUT2D eigenvalue weighted by Gasteiger charge is -2.42. The van der Waals surface area contributed by atoms with Crippen molar-refractivity contribution in [3.63, 3.8) is 0 Å². The topological polar surface area (TPSA) is 53.4 Å². The summed E-state index contributed by atoms with van der Waals surface area (Å²) in [6.07, 6.45) is 9.03. The summed E-state index contributed by atoms with van der Waals surface area (Å²) in [6, 6.07) is 1.13. The van der Waals surface area contributed by atoms with Gasteiger partial charge in [0.15, 0.2) is 0 Å². The second-order valence-electron chi connectivity index (χ2n) is 8.50. The van der Waals surface area contributed by atoms with E-state index in [1.165, 1.54) is 43.5 Å². The molecule has 1 aliphatic carbocycles. The molecule has 26 heavy (non-hydrogen) atoms. The van der Waals surface area contributed by atoms with Gasteiger partial charge in [0.25, 0.3) is 0 Å². The number of rotatable bonds is 5. The van der Waals surface area contributed by atoms with E-state index in [1.54, 1.807) is 0 Å². The van der Waals surface area contributed by atoms with Gasteiger partial charge in [-0.1, -0.05) is 0 Å². The minimum atomic E-state index is 0.209. The van der Waals surface area contributed by atoms with Crippen LogP contribution >= 0.6 is 0 Å². The van der Waals surface area contributed by atoms with Gasteiger partial charge < -0.3 is 5.32 Å². The fourth-order valence-electron chi connectivity index (χ4n) is 4.48. The van der Waals surface area contributed by atoms with Crippen LogP contribution in [-0.4, -0.2) is 63.8 Å². The Kier molecular flexibility index (Phi) is 5.32. The smallest absolute Gasteiger partial charge is 0.224 e. The standard InChI is InChI=1S/C20H33N5O/c1-15-17(12-21-23(15)2)13-24-10-7-19(8-11-24)25-9-3-4-16(14-25)20(26)22-18-5-6-18/h12,16,18-19H,3-11,13-14H2,1-2H3,(H,22,26). The van der Waals surface area contributed by atoms with Crippen molar-refractivity contribution in [3.05, 3.63) is 17.5 Å². The normalized spacial score (nSPS) is 26.2. The van der Waals surface area contributed by atoms with E-state index in [0.29, 0.717) is 18.0 Å². The lowest BCUT2D eigenvalue weighted by atomic mass is 9.93. The number of likely N-dealkylation sites (tertiary alicyclic amines) is 2. The van der Waals surface area contributed by atoms with Crippen LogP contribution in [0.15, 0.2) is 6.20 Å². The summed E-state index contributed by atoms with van der Waals surface area (Å²) in [5, 5.41) is 7.57. The molecule has 2 saturated heterocycles. The molecule has 1 aromatic rings. The van der Waals surface area contributed by atoms with Crippen molar-refractivity contribution in [2.75, 3.05) is 26.2 Å². The van der Waals surface area contributed by atoms with Gasteiger partial charge >= 0.3 is 0 Å². The molecule has 6 heteroatoms. The number of nitrogens with zero attached hydrogens (tertiary/aromatic N) is 4. The van der Waals surface area contributed by atoms with Gasteiger partial charge in [-0.25, -0.2) is 0 Å². The van der Waals surface area contributed by atoms with Crippen LogP contribution in [0.25, 0.3) is 0 Å². The second-order valence-corrected chi connectivity index (χ2v) is 8.50. The average Bonchev–Trinajstić information content (AvgIpc) is 3.43. The predicted octanol–water partition coefficient (Wildman–Crippen LogP) is 1.68. The van der Waals surface area contributed by atoms with Crippen molar-refractivity contribution >= 4 is 5.91 Å². The predicted molar refractivity (Wildman–Crippen MR) is 102 cm³/mol. The van der Waals surface area contributed by atoms with Crippen LogP contribution in [0.3, 0.4) is 0 Å². The highest BCUT2D eigenvalue weighted by Gasteiger charge is 2.33. The minimum Gasteiger partial charge on any atom is -0.353 e. The average molecular weight is 360 g/mol. The summed E-state index contributed by atoms with van der Waals surface area (Å²) in [5.41, 5.74) is 2.62. The van der Waals surface area contributed by atoms with Gasteiger partial charge in [-0.2, -0.15) is 5.10 Å². The number of carbonyl (C=O) groups excluding carboxylic acids is 1. The summed E-state index contributed by atoms with van der Waals surface area (Å²) >= 11 is 0. The number of aryl methyl sites for hydroxylation is 1. The van der Waals surface area contributed by atoms with E-state index < -0.39 is 0 Å². The van der Waals surface area contributed by atoms with Crippen LogP contribution < -0.4 is 5.32 Å². The molecular weight excluding hydrogens is 326 g/mol. The maximum Gasteiger partial charge on any atom is 0.224 e. The Balaban J connectivity index is 1.26. The SMILES string of the molecule is Cc1c(CN2CCC(N3CCCC(C(=O)NC4CC4)C3)CC2)cnn1C. The number of piperidine rings is 2. The Morgan fingerprint density at radius 1 is 1.19 bits per heavy atom. The Bertz CT molecular complexity index is 630. The maximum absolute atomic E-state index is 12.4. The summed E-state index contributed by atoms with van der Waals surface area (Å²) in [6.45, 7) is 7.59. The molecule has 3 heterocycles. The van der Waals surface area contributed by atoms with Crippen molar-refractivity contribution in [1.29, 1.82) is 0 Å². The molecule has 0 spiro atoms. The highest BCUT2D eigenvalue weighted by atomic mass is 16.2. The van der Waals surface area contributed by atoms with Crippen LogP contribution in [0, 0.1) is 12.8 Å². The minimum absolute atomic E-state index is 0.209. The molecule has 1 aromatic heterocycles. The third-order valence-corrected chi connectivity index (χ3v) is 6.55. The molecule has 4 rings (SSSR count). The summed E-state index contributed by atoms with van der Waals surface area (Å²) in [5.74, 6) is 0.516. The van der Waals surface area contributed by atoms with Gasteiger partial charge in [0.1, 0.15) is 0 Å². The summed E-state index contributed by atoms with van der Waals surface area (Å²) in [4.78, 5) is 17.6. The molecule has 0 bridgehead atoms. The molecule has 0 aromatic carbocycles. The van der Waals surface area contributed by atoms with Gasteiger partial charge in [0.2, 0.25) is 5.91 Å². The van der Waals surface area contributed by atoms with Gasteiger partial charge in [-0.15, -0.1) is 0 Å². The van der Waals surface area contributed by atoms with Crippen LogP contribution in [0.5, 0.6) is 0 Å². The van der Waals surface area contributed by atoms with Crippen LogP contribution in [0.1, 0.15) is 49.8 Å². The second kappa shape index (κ2) is 7.69. The monoisotopic (exact) mass is 359 g/mol. The van der Waals surface area contributed by atoms with Crippen molar-refractivity contribution in [1.82, 2.24) is 24.9 Å². The largest absolute Gasteiger partial charge is 0.353 e. The third kappa shape index (κ3) is 4.12. The van der Waals surface area contributed by atoms with Crippen LogP contribution in [0.2, 0.25) is 0 Å².